The number of hydrogen-bond acceptors (Lipinski definition) is 4. The maximum absolute atomic E-state index is 12.0. The topological polar surface area (TPSA) is 64.1 Å². The Morgan fingerprint density at radius 3 is 2.50 bits per heavy atom. The highest BCUT2D eigenvalue weighted by atomic mass is 19.4. The summed E-state index contributed by atoms with van der Waals surface area (Å²) in [6.45, 7) is 0.328. The Labute approximate surface area is 124 Å². The number of aromatic nitrogens is 2. The molecular formula is C14H12F3N3O2. The third-order valence-electron chi connectivity index (χ3n) is 2.65. The minimum absolute atomic E-state index is 0.205. The van der Waals surface area contributed by atoms with Crippen molar-refractivity contribution >= 4 is 5.91 Å². The van der Waals surface area contributed by atoms with Gasteiger partial charge in [0.2, 0.25) is 0 Å². The third-order valence-corrected chi connectivity index (χ3v) is 2.65. The van der Waals surface area contributed by atoms with E-state index in [4.69, 9.17) is 0 Å². The number of carbonyl (C=O) groups is 1. The Hall–Kier alpha value is -2.64. The molecule has 0 saturated carbocycles. The monoisotopic (exact) mass is 311 g/mol. The zero-order valence-corrected chi connectivity index (χ0v) is 11.3. The van der Waals surface area contributed by atoms with E-state index >= 15 is 0 Å². The quantitative estimate of drug-likeness (QED) is 0.920. The summed E-state index contributed by atoms with van der Waals surface area (Å²) in [5.41, 5.74) is 0.977. The Kier molecular flexibility index (Phi) is 4.92. The van der Waals surface area contributed by atoms with Crippen molar-refractivity contribution in [3.63, 3.8) is 0 Å². The number of nitrogens with zero attached hydrogens (tertiary/aromatic N) is 2. The van der Waals surface area contributed by atoms with Crippen molar-refractivity contribution in [1.29, 1.82) is 0 Å². The maximum Gasteiger partial charge on any atom is 0.573 e. The van der Waals surface area contributed by atoms with Gasteiger partial charge in [-0.2, -0.15) is 0 Å². The third kappa shape index (κ3) is 5.04. The van der Waals surface area contributed by atoms with Crippen molar-refractivity contribution in [3.8, 4) is 5.75 Å². The van der Waals surface area contributed by atoms with Crippen molar-refractivity contribution in [2.45, 2.75) is 12.8 Å². The van der Waals surface area contributed by atoms with Gasteiger partial charge < -0.3 is 10.1 Å². The van der Waals surface area contributed by atoms with Crippen molar-refractivity contribution in [2.75, 3.05) is 6.54 Å². The summed E-state index contributed by atoms with van der Waals surface area (Å²) in [7, 11) is 0. The first-order valence-corrected chi connectivity index (χ1v) is 6.33. The van der Waals surface area contributed by atoms with Gasteiger partial charge in [-0.1, -0.05) is 12.1 Å². The molecule has 0 spiro atoms. The number of amides is 1. The van der Waals surface area contributed by atoms with Crippen LogP contribution in [0.1, 0.15) is 16.1 Å². The first kappa shape index (κ1) is 15.7. The van der Waals surface area contributed by atoms with Crippen LogP contribution in [-0.2, 0) is 6.42 Å². The van der Waals surface area contributed by atoms with Crippen LogP contribution in [0, 0.1) is 0 Å². The molecule has 0 atom stereocenters. The second kappa shape index (κ2) is 6.88. The van der Waals surface area contributed by atoms with Gasteiger partial charge in [-0.3, -0.25) is 9.78 Å². The van der Waals surface area contributed by atoms with E-state index in [1.165, 1.54) is 42.9 Å². The number of nitrogens with one attached hydrogen (secondary N) is 1. The van der Waals surface area contributed by atoms with Crippen molar-refractivity contribution in [2.24, 2.45) is 0 Å². The SMILES string of the molecule is O=C(NCCc1ccc(OC(F)(F)F)cc1)c1cnccn1. The molecule has 0 aliphatic heterocycles. The van der Waals surface area contributed by atoms with E-state index in [0.717, 1.165) is 5.56 Å². The lowest BCUT2D eigenvalue weighted by Crippen LogP contribution is -2.26. The zero-order valence-electron chi connectivity index (χ0n) is 11.3. The summed E-state index contributed by atoms with van der Waals surface area (Å²) in [5.74, 6) is -0.634. The molecule has 1 amide bonds. The second-order valence-corrected chi connectivity index (χ2v) is 4.29. The van der Waals surface area contributed by atoms with E-state index in [9.17, 15) is 18.0 Å². The molecule has 0 fully saturated rings. The number of benzene rings is 1. The number of alkyl halides is 3. The van der Waals surface area contributed by atoms with Gasteiger partial charge in [-0.25, -0.2) is 4.98 Å². The van der Waals surface area contributed by atoms with Crippen molar-refractivity contribution < 1.29 is 22.7 Å². The Balaban J connectivity index is 1.81. The molecule has 0 aliphatic rings. The minimum atomic E-state index is -4.70. The fraction of sp³-hybridized carbons (Fsp3) is 0.214. The largest absolute Gasteiger partial charge is 0.573 e. The van der Waals surface area contributed by atoms with Crippen LogP contribution in [0.5, 0.6) is 5.75 Å². The van der Waals surface area contributed by atoms with Gasteiger partial charge in [0, 0.05) is 18.9 Å². The molecule has 1 N–H and O–H groups in total. The van der Waals surface area contributed by atoms with E-state index in [1.54, 1.807) is 0 Å². The molecule has 0 saturated heterocycles. The van der Waals surface area contributed by atoms with Crippen molar-refractivity contribution in [3.05, 3.63) is 54.1 Å². The Bertz CT molecular complexity index is 615. The number of rotatable bonds is 5. The molecular weight excluding hydrogens is 299 g/mol. The van der Waals surface area contributed by atoms with Crippen LogP contribution in [0.15, 0.2) is 42.9 Å². The fourth-order valence-corrected chi connectivity index (χ4v) is 1.69. The molecule has 5 nitrogen and oxygen atoms in total. The van der Waals surface area contributed by atoms with Crippen LogP contribution in [-0.4, -0.2) is 28.8 Å². The van der Waals surface area contributed by atoms with E-state index in [1.807, 2.05) is 0 Å². The predicted octanol–water partition coefficient (Wildman–Crippen LogP) is 2.35. The van der Waals surface area contributed by atoms with Gasteiger partial charge in [0.05, 0.1) is 6.20 Å². The van der Waals surface area contributed by atoms with Crippen LogP contribution >= 0.6 is 0 Å². The predicted molar refractivity (Wildman–Crippen MR) is 71.2 cm³/mol. The molecule has 1 aromatic carbocycles. The van der Waals surface area contributed by atoms with Gasteiger partial charge in [-0.15, -0.1) is 13.2 Å². The first-order valence-electron chi connectivity index (χ1n) is 6.33. The smallest absolute Gasteiger partial charge is 0.406 e. The van der Waals surface area contributed by atoms with Crippen LogP contribution < -0.4 is 10.1 Å². The summed E-state index contributed by atoms with van der Waals surface area (Å²) < 4.78 is 39.8. The molecule has 0 unspecified atom stereocenters. The lowest BCUT2D eigenvalue weighted by molar-refractivity contribution is -0.274. The van der Waals surface area contributed by atoms with Gasteiger partial charge in [-0.05, 0) is 24.1 Å². The summed E-state index contributed by atoms with van der Waals surface area (Å²) >= 11 is 0. The molecule has 1 heterocycles. The highest BCUT2D eigenvalue weighted by Crippen LogP contribution is 2.22. The lowest BCUT2D eigenvalue weighted by atomic mass is 10.1. The Morgan fingerprint density at radius 2 is 1.91 bits per heavy atom. The molecule has 0 bridgehead atoms. The fourth-order valence-electron chi connectivity index (χ4n) is 1.69. The summed E-state index contributed by atoms with van der Waals surface area (Å²) in [6, 6.07) is 5.48. The first-order chi connectivity index (χ1) is 10.4. The van der Waals surface area contributed by atoms with Crippen LogP contribution in [0.3, 0.4) is 0 Å². The normalized spacial score (nSPS) is 11.0. The molecule has 0 aliphatic carbocycles. The number of hydrogen-bond donors (Lipinski definition) is 1. The molecule has 116 valence electrons. The molecule has 2 aromatic rings. The molecule has 1 aromatic heterocycles. The summed E-state index contributed by atoms with van der Waals surface area (Å²) in [4.78, 5) is 19.3. The second-order valence-electron chi connectivity index (χ2n) is 4.29. The summed E-state index contributed by atoms with van der Waals surface area (Å²) in [6.07, 6.45) is -0.0151. The van der Waals surface area contributed by atoms with E-state index in [-0.39, 0.29) is 17.4 Å². The lowest BCUT2D eigenvalue weighted by Gasteiger charge is -2.09. The average molecular weight is 311 g/mol. The van der Waals surface area contributed by atoms with E-state index in [2.05, 4.69) is 20.0 Å². The van der Waals surface area contributed by atoms with Crippen LogP contribution in [0.25, 0.3) is 0 Å². The number of carbonyl (C=O) groups excluding carboxylic acids is 1. The van der Waals surface area contributed by atoms with Crippen molar-refractivity contribution in [1.82, 2.24) is 15.3 Å². The van der Waals surface area contributed by atoms with E-state index < -0.39 is 6.36 Å². The highest BCUT2D eigenvalue weighted by molar-refractivity contribution is 5.91. The van der Waals surface area contributed by atoms with Gasteiger partial charge in [0.25, 0.3) is 5.91 Å². The molecule has 0 radical (unpaired) electrons. The van der Waals surface area contributed by atoms with Crippen LogP contribution in [0.2, 0.25) is 0 Å². The zero-order chi connectivity index (χ0) is 16.0. The standard InChI is InChI=1S/C14H12F3N3O2/c15-14(16,17)22-11-3-1-10(2-4-11)5-6-20-13(21)12-9-18-7-8-19-12/h1-4,7-9H,5-6H2,(H,20,21). The van der Waals surface area contributed by atoms with Crippen LogP contribution in [0.4, 0.5) is 13.2 Å². The van der Waals surface area contributed by atoms with Gasteiger partial charge >= 0.3 is 6.36 Å². The molecule has 2 rings (SSSR count). The average Bonchev–Trinajstić information content (AvgIpc) is 2.48. The van der Waals surface area contributed by atoms with Gasteiger partial charge in [0.15, 0.2) is 0 Å². The molecule has 8 heteroatoms. The number of halogens is 3. The van der Waals surface area contributed by atoms with Gasteiger partial charge in [0.1, 0.15) is 11.4 Å². The minimum Gasteiger partial charge on any atom is -0.406 e. The van der Waals surface area contributed by atoms with E-state index in [0.29, 0.717) is 13.0 Å². The molecule has 22 heavy (non-hydrogen) atoms. The maximum atomic E-state index is 12.0. The Morgan fingerprint density at radius 1 is 1.18 bits per heavy atom. The number of ether oxygens (including phenoxy) is 1. The summed E-state index contributed by atoms with van der Waals surface area (Å²) in [5, 5.41) is 2.65. The highest BCUT2D eigenvalue weighted by Gasteiger charge is 2.30.